The van der Waals surface area contributed by atoms with Crippen molar-refractivity contribution >= 4 is 22.9 Å². The molecule has 0 aliphatic rings. The minimum atomic E-state index is 0.647. The zero-order valence-corrected chi connectivity index (χ0v) is 10.9. The molecular formula is C14H18N4. The maximum atomic E-state index is 5.92. The summed E-state index contributed by atoms with van der Waals surface area (Å²) in [5.41, 5.74) is 9.60. The Morgan fingerprint density at radius 3 is 2.56 bits per heavy atom. The molecule has 0 saturated carbocycles. The fraction of sp³-hybridized carbons (Fsp3) is 0.214. The van der Waals surface area contributed by atoms with Gasteiger partial charge >= 0.3 is 0 Å². The zero-order valence-electron chi connectivity index (χ0n) is 10.9. The summed E-state index contributed by atoms with van der Waals surface area (Å²) in [5.74, 6) is 0.698. The Morgan fingerprint density at radius 1 is 1.11 bits per heavy atom. The van der Waals surface area contributed by atoms with Crippen LogP contribution in [0.15, 0.2) is 36.4 Å². The van der Waals surface area contributed by atoms with Crippen molar-refractivity contribution in [3.63, 3.8) is 0 Å². The molecule has 3 N–H and O–H groups in total. The van der Waals surface area contributed by atoms with Gasteiger partial charge in [-0.05, 0) is 31.2 Å². The van der Waals surface area contributed by atoms with E-state index in [0.717, 1.165) is 17.1 Å². The third-order valence-corrected chi connectivity index (χ3v) is 2.70. The Kier molecular flexibility index (Phi) is 3.37. The number of rotatable bonds is 3. The third kappa shape index (κ3) is 2.53. The van der Waals surface area contributed by atoms with Gasteiger partial charge in [0.25, 0.3) is 0 Å². The summed E-state index contributed by atoms with van der Waals surface area (Å²) in [5, 5.41) is 3.29. The number of hydrogen-bond acceptors (Lipinski definition) is 4. The number of nitrogens with two attached hydrogens (primary N) is 1. The molecule has 1 aromatic carbocycles. The molecule has 1 aromatic heterocycles. The van der Waals surface area contributed by atoms with E-state index in [1.165, 1.54) is 0 Å². The molecule has 0 saturated heterocycles. The van der Waals surface area contributed by atoms with Gasteiger partial charge in [-0.3, -0.25) is 0 Å². The standard InChI is InChI=1S/C14H18N4/c1-10-8-9-11(15)14(16-10)17-12-6-4-5-7-13(12)18(2)3/h4-9H,15H2,1-3H3,(H,16,17). The molecule has 18 heavy (non-hydrogen) atoms. The maximum Gasteiger partial charge on any atom is 0.153 e. The van der Waals surface area contributed by atoms with E-state index in [4.69, 9.17) is 5.73 Å². The fourth-order valence-electron chi connectivity index (χ4n) is 1.76. The van der Waals surface area contributed by atoms with Gasteiger partial charge in [-0.25, -0.2) is 4.98 Å². The molecule has 0 spiro atoms. The molecule has 2 aromatic rings. The van der Waals surface area contributed by atoms with E-state index in [2.05, 4.69) is 10.3 Å². The molecule has 4 nitrogen and oxygen atoms in total. The number of aromatic nitrogens is 1. The summed E-state index contributed by atoms with van der Waals surface area (Å²) in [6.07, 6.45) is 0. The molecule has 0 aliphatic heterocycles. The van der Waals surface area contributed by atoms with Gasteiger partial charge in [-0.1, -0.05) is 12.1 Å². The van der Waals surface area contributed by atoms with E-state index in [0.29, 0.717) is 11.5 Å². The molecule has 0 unspecified atom stereocenters. The lowest BCUT2D eigenvalue weighted by atomic mass is 10.2. The quantitative estimate of drug-likeness (QED) is 0.869. The second-order valence-electron chi connectivity index (χ2n) is 4.43. The number of nitrogen functional groups attached to an aromatic ring is 1. The van der Waals surface area contributed by atoms with Crippen LogP contribution >= 0.6 is 0 Å². The summed E-state index contributed by atoms with van der Waals surface area (Å²) in [7, 11) is 4.01. The number of hydrogen-bond donors (Lipinski definition) is 2. The van der Waals surface area contributed by atoms with Gasteiger partial charge in [-0.15, -0.1) is 0 Å². The monoisotopic (exact) mass is 242 g/mol. The maximum absolute atomic E-state index is 5.92. The van der Waals surface area contributed by atoms with Crippen molar-refractivity contribution in [3.8, 4) is 0 Å². The van der Waals surface area contributed by atoms with Gasteiger partial charge in [-0.2, -0.15) is 0 Å². The van der Waals surface area contributed by atoms with Crippen molar-refractivity contribution in [3.05, 3.63) is 42.1 Å². The normalized spacial score (nSPS) is 10.2. The Morgan fingerprint density at radius 2 is 1.83 bits per heavy atom. The summed E-state index contributed by atoms with van der Waals surface area (Å²) >= 11 is 0. The average Bonchev–Trinajstić information content (AvgIpc) is 2.34. The van der Waals surface area contributed by atoms with Crippen molar-refractivity contribution in [1.82, 2.24) is 4.98 Å². The van der Waals surface area contributed by atoms with Crippen LogP contribution in [0.2, 0.25) is 0 Å². The molecule has 0 bridgehead atoms. The van der Waals surface area contributed by atoms with E-state index >= 15 is 0 Å². The number of pyridine rings is 1. The van der Waals surface area contributed by atoms with E-state index in [1.807, 2.05) is 62.3 Å². The number of nitrogens with one attached hydrogen (secondary N) is 1. The van der Waals surface area contributed by atoms with Gasteiger partial charge in [0.2, 0.25) is 0 Å². The van der Waals surface area contributed by atoms with Crippen molar-refractivity contribution in [2.24, 2.45) is 0 Å². The molecule has 0 fully saturated rings. The summed E-state index contributed by atoms with van der Waals surface area (Å²) < 4.78 is 0. The number of para-hydroxylation sites is 2. The topological polar surface area (TPSA) is 54.2 Å². The Balaban J connectivity index is 2.37. The number of nitrogens with zero attached hydrogens (tertiary/aromatic N) is 2. The highest BCUT2D eigenvalue weighted by Crippen LogP contribution is 2.28. The van der Waals surface area contributed by atoms with Crippen LogP contribution < -0.4 is 16.0 Å². The Hall–Kier alpha value is -2.23. The van der Waals surface area contributed by atoms with Crippen molar-refractivity contribution in [2.75, 3.05) is 30.0 Å². The molecule has 0 aliphatic carbocycles. The molecule has 0 radical (unpaired) electrons. The predicted molar refractivity (Wildman–Crippen MR) is 77.4 cm³/mol. The molecule has 94 valence electrons. The fourth-order valence-corrected chi connectivity index (χ4v) is 1.76. The van der Waals surface area contributed by atoms with Crippen LogP contribution in [-0.2, 0) is 0 Å². The molecule has 2 rings (SSSR count). The van der Waals surface area contributed by atoms with E-state index in [-0.39, 0.29) is 0 Å². The van der Waals surface area contributed by atoms with Crippen LogP contribution in [0.5, 0.6) is 0 Å². The highest BCUT2D eigenvalue weighted by Gasteiger charge is 2.06. The molecule has 0 atom stereocenters. The lowest BCUT2D eigenvalue weighted by Crippen LogP contribution is -2.11. The average molecular weight is 242 g/mol. The van der Waals surface area contributed by atoms with E-state index in [9.17, 15) is 0 Å². The predicted octanol–water partition coefficient (Wildman–Crippen LogP) is 2.78. The summed E-state index contributed by atoms with van der Waals surface area (Å²) in [4.78, 5) is 6.46. The summed E-state index contributed by atoms with van der Waals surface area (Å²) in [6, 6.07) is 11.8. The molecule has 0 amide bonds. The van der Waals surface area contributed by atoms with Crippen LogP contribution in [0, 0.1) is 6.92 Å². The minimum Gasteiger partial charge on any atom is -0.396 e. The Bertz CT molecular complexity index is 549. The van der Waals surface area contributed by atoms with Crippen LogP contribution in [-0.4, -0.2) is 19.1 Å². The highest BCUT2D eigenvalue weighted by atomic mass is 15.1. The SMILES string of the molecule is Cc1ccc(N)c(Nc2ccccc2N(C)C)n1. The number of anilines is 4. The van der Waals surface area contributed by atoms with E-state index < -0.39 is 0 Å². The first-order valence-electron chi connectivity index (χ1n) is 5.84. The van der Waals surface area contributed by atoms with Crippen LogP contribution in [0.4, 0.5) is 22.9 Å². The van der Waals surface area contributed by atoms with Crippen LogP contribution in [0.25, 0.3) is 0 Å². The van der Waals surface area contributed by atoms with Crippen molar-refractivity contribution in [2.45, 2.75) is 6.92 Å². The second-order valence-corrected chi connectivity index (χ2v) is 4.43. The van der Waals surface area contributed by atoms with Gasteiger partial charge < -0.3 is 16.0 Å². The van der Waals surface area contributed by atoms with Crippen molar-refractivity contribution in [1.29, 1.82) is 0 Å². The number of aryl methyl sites for hydroxylation is 1. The van der Waals surface area contributed by atoms with Crippen LogP contribution in [0.3, 0.4) is 0 Å². The number of benzene rings is 1. The zero-order chi connectivity index (χ0) is 13.1. The first kappa shape index (κ1) is 12.2. The third-order valence-electron chi connectivity index (χ3n) is 2.70. The first-order chi connectivity index (χ1) is 8.58. The Labute approximate surface area is 107 Å². The molecule has 1 heterocycles. The van der Waals surface area contributed by atoms with Gasteiger partial charge in [0.05, 0.1) is 17.1 Å². The molecular weight excluding hydrogens is 224 g/mol. The van der Waals surface area contributed by atoms with Gasteiger partial charge in [0.1, 0.15) is 0 Å². The lowest BCUT2D eigenvalue weighted by molar-refractivity contribution is 1.13. The summed E-state index contributed by atoms with van der Waals surface area (Å²) in [6.45, 7) is 1.95. The second kappa shape index (κ2) is 4.96. The van der Waals surface area contributed by atoms with E-state index in [1.54, 1.807) is 0 Å². The largest absolute Gasteiger partial charge is 0.396 e. The van der Waals surface area contributed by atoms with Gasteiger partial charge in [0, 0.05) is 19.8 Å². The first-order valence-corrected chi connectivity index (χ1v) is 5.84. The van der Waals surface area contributed by atoms with Crippen LogP contribution in [0.1, 0.15) is 5.69 Å². The van der Waals surface area contributed by atoms with Crippen molar-refractivity contribution < 1.29 is 0 Å². The smallest absolute Gasteiger partial charge is 0.153 e. The van der Waals surface area contributed by atoms with Gasteiger partial charge in [0.15, 0.2) is 5.82 Å². The lowest BCUT2D eigenvalue weighted by Gasteiger charge is -2.18. The molecule has 4 heteroatoms. The minimum absolute atomic E-state index is 0.647. The highest BCUT2D eigenvalue weighted by molar-refractivity contribution is 5.77.